The van der Waals surface area contributed by atoms with Crippen LogP contribution in [0.15, 0.2) is 54.6 Å². The van der Waals surface area contributed by atoms with Crippen LogP contribution in [0.3, 0.4) is 0 Å². The van der Waals surface area contributed by atoms with E-state index in [4.69, 9.17) is 5.26 Å². The fraction of sp³-hybridized carbons (Fsp3) is 0.278. The minimum Gasteiger partial charge on any atom is -0.242 e. The molecule has 0 aliphatic carbocycles. The zero-order chi connectivity index (χ0) is 16.2. The average Bonchev–Trinajstić information content (AvgIpc) is 2.52. The molecule has 1 unspecified atom stereocenters. The number of nitrogens with one attached hydrogen (secondary N) is 1. The van der Waals surface area contributed by atoms with Gasteiger partial charge in [-0.1, -0.05) is 42.5 Å². The Hall–Kier alpha value is -1.96. The topological polar surface area (TPSA) is 52.9 Å². The van der Waals surface area contributed by atoms with Crippen LogP contribution in [0.1, 0.15) is 43.5 Å². The minimum atomic E-state index is -1.21. The molecule has 0 aliphatic rings. The smallest absolute Gasteiger partial charge is 0.0991 e. The van der Waals surface area contributed by atoms with Crippen LogP contribution in [0.2, 0.25) is 0 Å². The van der Waals surface area contributed by atoms with Gasteiger partial charge in [0.1, 0.15) is 0 Å². The minimum absolute atomic E-state index is 0.213. The molecule has 2 aromatic rings. The van der Waals surface area contributed by atoms with E-state index in [1.54, 1.807) is 6.07 Å². The van der Waals surface area contributed by atoms with Crippen molar-refractivity contribution in [3.8, 4) is 6.07 Å². The van der Waals surface area contributed by atoms with E-state index in [9.17, 15) is 4.21 Å². The third kappa shape index (κ3) is 4.03. The lowest BCUT2D eigenvalue weighted by Crippen LogP contribution is -2.36. The number of nitriles is 1. The molecule has 0 aliphatic heterocycles. The Morgan fingerprint density at radius 3 is 2.27 bits per heavy atom. The quantitative estimate of drug-likeness (QED) is 0.936. The SMILES string of the molecule is CC(C)(C)[S@](=O)NC(c1ccccc1)c1cccc(C#N)c1. The third-order valence-corrected chi connectivity index (χ3v) is 4.83. The Morgan fingerprint density at radius 2 is 1.68 bits per heavy atom. The van der Waals surface area contributed by atoms with Gasteiger partial charge in [0.2, 0.25) is 0 Å². The molecule has 114 valence electrons. The third-order valence-electron chi connectivity index (χ3n) is 3.26. The maximum atomic E-state index is 12.5. The van der Waals surface area contributed by atoms with Gasteiger partial charge in [-0.05, 0) is 44.0 Å². The summed E-state index contributed by atoms with van der Waals surface area (Å²) in [7, 11) is -1.21. The summed E-state index contributed by atoms with van der Waals surface area (Å²) in [5, 5.41) is 9.10. The summed E-state index contributed by atoms with van der Waals surface area (Å²) in [6.45, 7) is 5.80. The van der Waals surface area contributed by atoms with Gasteiger partial charge < -0.3 is 0 Å². The van der Waals surface area contributed by atoms with Crippen molar-refractivity contribution in [3.05, 3.63) is 71.3 Å². The Balaban J connectivity index is 2.42. The molecule has 2 atom stereocenters. The highest BCUT2D eigenvalue weighted by Gasteiger charge is 2.24. The summed E-state index contributed by atoms with van der Waals surface area (Å²) in [4.78, 5) is 0. The predicted molar refractivity (Wildman–Crippen MR) is 90.5 cm³/mol. The lowest BCUT2D eigenvalue weighted by Gasteiger charge is -2.25. The summed E-state index contributed by atoms with van der Waals surface area (Å²) in [6.07, 6.45) is 0. The average molecular weight is 312 g/mol. The van der Waals surface area contributed by atoms with Crippen LogP contribution >= 0.6 is 0 Å². The highest BCUT2D eigenvalue weighted by Crippen LogP contribution is 2.25. The van der Waals surface area contributed by atoms with E-state index in [2.05, 4.69) is 10.8 Å². The first-order valence-electron chi connectivity index (χ1n) is 7.15. The first kappa shape index (κ1) is 16.4. The van der Waals surface area contributed by atoms with Gasteiger partial charge in [-0.25, -0.2) is 8.93 Å². The van der Waals surface area contributed by atoms with Crippen molar-refractivity contribution in [2.24, 2.45) is 0 Å². The number of hydrogen-bond acceptors (Lipinski definition) is 2. The number of hydrogen-bond donors (Lipinski definition) is 1. The largest absolute Gasteiger partial charge is 0.242 e. The second-order valence-electron chi connectivity index (χ2n) is 6.08. The zero-order valence-corrected chi connectivity index (χ0v) is 13.9. The molecule has 0 bridgehead atoms. The second-order valence-corrected chi connectivity index (χ2v) is 8.08. The number of benzene rings is 2. The zero-order valence-electron chi connectivity index (χ0n) is 13.0. The van der Waals surface area contributed by atoms with Crippen LogP contribution in [0, 0.1) is 11.3 Å². The Kier molecular flexibility index (Phi) is 5.12. The van der Waals surface area contributed by atoms with Crippen molar-refractivity contribution >= 4 is 11.0 Å². The van der Waals surface area contributed by atoms with E-state index in [0.29, 0.717) is 5.56 Å². The van der Waals surface area contributed by atoms with Gasteiger partial charge in [0, 0.05) is 0 Å². The van der Waals surface area contributed by atoms with E-state index in [1.807, 2.05) is 69.3 Å². The molecule has 0 amide bonds. The standard InChI is InChI=1S/C18H20N2OS/c1-18(2,3)22(21)20-17(15-9-5-4-6-10-15)16-11-7-8-14(12-16)13-19/h4-12,17,20H,1-3H3/t17?,22-/m0/s1. The predicted octanol–water partition coefficient (Wildman–Crippen LogP) is 3.70. The van der Waals surface area contributed by atoms with Gasteiger partial charge >= 0.3 is 0 Å². The van der Waals surface area contributed by atoms with Gasteiger partial charge in [-0.3, -0.25) is 0 Å². The van der Waals surface area contributed by atoms with Gasteiger partial charge in [0.05, 0.1) is 33.4 Å². The normalized spacial score (nSPS) is 14.1. The highest BCUT2D eigenvalue weighted by molar-refractivity contribution is 7.84. The van der Waals surface area contributed by atoms with E-state index >= 15 is 0 Å². The molecule has 0 radical (unpaired) electrons. The Bertz CT molecular complexity index is 699. The van der Waals surface area contributed by atoms with E-state index < -0.39 is 11.0 Å². The monoisotopic (exact) mass is 312 g/mol. The van der Waals surface area contributed by atoms with Crippen LogP contribution < -0.4 is 4.72 Å². The number of rotatable bonds is 4. The van der Waals surface area contributed by atoms with Gasteiger partial charge in [0.15, 0.2) is 0 Å². The van der Waals surface area contributed by atoms with Crippen molar-refractivity contribution in [1.29, 1.82) is 5.26 Å². The molecular formula is C18H20N2OS. The van der Waals surface area contributed by atoms with Crippen LogP contribution in [0.25, 0.3) is 0 Å². The van der Waals surface area contributed by atoms with E-state index in [0.717, 1.165) is 11.1 Å². The molecule has 0 aromatic heterocycles. The van der Waals surface area contributed by atoms with Crippen molar-refractivity contribution in [1.82, 2.24) is 4.72 Å². The Labute approximate surface area is 134 Å². The number of nitrogens with zero attached hydrogens (tertiary/aromatic N) is 1. The summed E-state index contributed by atoms with van der Waals surface area (Å²) in [5.41, 5.74) is 2.56. The molecule has 2 rings (SSSR count). The van der Waals surface area contributed by atoms with Crippen molar-refractivity contribution in [2.45, 2.75) is 31.6 Å². The maximum absolute atomic E-state index is 12.5. The fourth-order valence-corrected chi connectivity index (χ4v) is 2.89. The summed E-state index contributed by atoms with van der Waals surface area (Å²) < 4.78 is 15.4. The molecule has 22 heavy (non-hydrogen) atoms. The van der Waals surface area contributed by atoms with Crippen LogP contribution in [0.5, 0.6) is 0 Å². The molecule has 4 heteroatoms. The molecule has 0 saturated heterocycles. The Morgan fingerprint density at radius 1 is 1.05 bits per heavy atom. The molecule has 0 saturated carbocycles. The maximum Gasteiger partial charge on any atom is 0.0991 e. The van der Waals surface area contributed by atoms with Gasteiger partial charge in [-0.15, -0.1) is 0 Å². The van der Waals surface area contributed by atoms with Crippen molar-refractivity contribution < 1.29 is 4.21 Å². The molecule has 0 fully saturated rings. The summed E-state index contributed by atoms with van der Waals surface area (Å²) in [6, 6.07) is 19.2. The van der Waals surface area contributed by atoms with Crippen molar-refractivity contribution in [2.75, 3.05) is 0 Å². The molecule has 0 heterocycles. The molecule has 2 aromatic carbocycles. The van der Waals surface area contributed by atoms with Gasteiger partial charge in [0.25, 0.3) is 0 Å². The van der Waals surface area contributed by atoms with E-state index in [-0.39, 0.29) is 10.8 Å². The molecular weight excluding hydrogens is 292 g/mol. The van der Waals surface area contributed by atoms with Crippen molar-refractivity contribution in [3.63, 3.8) is 0 Å². The van der Waals surface area contributed by atoms with Crippen LogP contribution in [-0.2, 0) is 11.0 Å². The lowest BCUT2D eigenvalue weighted by atomic mass is 9.98. The summed E-state index contributed by atoms with van der Waals surface area (Å²) >= 11 is 0. The van der Waals surface area contributed by atoms with Crippen LogP contribution in [-0.4, -0.2) is 8.96 Å². The lowest BCUT2D eigenvalue weighted by molar-refractivity contribution is 0.623. The van der Waals surface area contributed by atoms with Gasteiger partial charge in [-0.2, -0.15) is 5.26 Å². The highest BCUT2D eigenvalue weighted by atomic mass is 32.2. The molecule has 0 spiro atoms. The first-order chi connectivity index (χ1) is 10.4. The second kappa shape index (κ2) is 6.87. The molecule has 3 nitrogen and oxygen atoms in total. The summed E-state index contributed by atoms with van der Waals surface area (Å²) in [5.74, 6) is 0. The van der Waals surface area contributed by atoms with E-state index in [1.165, 1.54) is 0 Å². The van der Waals surface area contributed by atoms with Crippen LogP contribution in [0.4, 0.5) is 0 Å². The molecule has 1 N–H and O–H groups in total. The first-order valence-corrected chi connectivity index (χ1v) is 8.30. The fourth-order valence-electron chi connectivity index (χ4n) is 2.05.